The van der Waals surface area contributed by atoms with E-state index in [1.54, 1.807) is 12.1 Å². The summed E-state index contributed by atoms with van der Waals surface area (Å²) < 4.78 is 39.0. The Labute approximate surface area is 89.2 Å². The van der Waals surface area contributed by atoms with E-state index in [4.69, 9.17) is 0 Å². The first kappa shape index (κ1) is 10.8. The molecule has 1 heterocycles. The topological polar surface area (TPSA) is 38.3 Å². The highest BCUT2D eigenvalue weighted by Crippen LogP contribution is 2.28. The fourth-order valence-electron chi connectivity index (χ4n) is 1.67. The Balaban J connectivity index is 2.28. The molecule has 0 unspecified atom stereocenters. The van der Waals surface area contributed by atoms with Gasteiger partial charge < -0.3 is 10.1 Å². The molecule has 1 N–H and O–H groups in total. The molecule has 3 nitrogen and oxygen atoms in total. The van der Waals surface area contributed by atoms with Crippen molar-refractivity contribution in [3.8, 4) is 0 Å². The van der Waals surface area contributed by atoms with Gasteiger partial charge in [-0.2, -0.15) is 0 Å². The lowest BCUT2D eigenvalue weighted by Crippen LogP contribution is -2.20. The lowest BCUT2D eigenvalue weighted by molar-refractivity contribution is -0.291. The van der Waals surface area contributed by atoms with Crippen LogP contribution in [0.1, 0.15) is 15.9 Å². The number of carbonyl (C=O) groups is 1. The van der Waals surface area contributed by atoms with Crippen LogP contribution in [0.4, 0.5) is 18.9 Å². The average Bonchev–Trinajstić information content (AvgIpc) is 2.61. The van der Waals surface area contributed by atoms with Crippen LogP contribution < -0.4 is 5.32 Å². The number of nitrogens with one attached hydrogen (secondary N) is 1. The summed E-state index contributed by atoms with van der Waals surface area (Å²) in [7, 11) is 0. The first-order chi connectivity index (χ1) is 7.47. The van der Waals surface area contributed by atoms with Crippen molar-refractivity contribution < 1.29 is 22.7 Å². The van der Waals surface area contributed by atoms with E-state index in [2.05, 4.69) is 10.1 Å². The number of ether oxygens (including phenoxy) is 1. The van der Waals surface area contributed by atoms with Gasteiger partial charge in [-0.15, -0.1) is 13.2 Å². The summed E-state index contributed by atoms with van der Waals surface area (Å²) in [6, 6.07) is 4.61. The normalized spacial score (nSPS) is 14.2. The molecular weight excluding hydrogens is 223 g/mol. The maximum atomic E-state index is 11.9. The standard InChI is InChI=1S/C10H8F3NO2/c11-10(12,13)16-9(15)7-3-1-2-6-4-5-14-8(6)7/h1-3,14H,4-5H2. The number of para-hydroxylation sites is 1. The van der Waals surface area contributed by atoms with E-state index in [1.165, 1.54) is 6.07 Å². The predicted molar refractivity (Wildman–Crippen MR) is 50.1 cm³/mol. The number of esters is 1. The predicted octanol–water partition coefficient (Wildman–Crippen LogP) is 2.33. The Kier molecular flexibility index (Phi) is 2.49. The zero-order valence-corrected chi connectivity index (χ0v) is 8.10. The molecule has 6 heteroatoms. The summed E-state index contributed by atoms with van der Waals surface area (Å²) in [5, 5.41) is 2.87. The van der Waals surface area contributed by atoms with Crippen LogP contribution in [-0.4, -0.2) is 18.9 Å². The minimum atomic E-state index is -4.95. The lowest BCUT2D eigenvalue weighted by Gasteiger charge is -2.10. The fourth-order valence-corrected chi connectivity index (χ4v) is 1.67. The van der Waals surface area contributed by atoms with Crippen molar-refractivity contribution in [3.05, 3.63) is 29.3 Å². The second kappa shape index (κ2) is 3.70. The van der Waals surface area contributed by atoms with Gasteiger partial charge in [-0.05, 0) is 18.1 Å². The van der Waals surface area contributed by atoms with E-state index in [0.717, 1.165) is 5.56 Å². The van der Waals surface area contributed by atoms with Gasteiger partial charge in [0, 0.05) is 6.54 Å². The maximum Gasteiger partial charge on any atom is 0.575 e. The Morgan fingerprint density at radius 3 is 2.81 bits per heavy atom. The second-order valence-electron chi connectivity index (χ2n) is 3.35. The number of alkyl halides is 3. The summed E-state index contributed by atoms with van der Waals surface area (Å²) in [6.07, 6.45) is -4.25. The molecule has 1 aromatic rings. The van der Waals surface area contributed by atoms with Gasteiger partial charge in [0.1, 0.15) is 0 Å². The molecule has 0 atom stereocenters. The van der Waals surface area contributed by atoms with E-state index >= 15 is 0 Å². The van der Waals surface area contributed by atoms with Gasteiger partial charge in [0.15, 0.2) is 0 Å². The van der Waals surface area contributed by atoms with Gasteiger partial charge in [-0.25, -0.2) is 4.79 Å². The summed E-state index contributed by atoms with van der Waals surface area (Å²) >= 11 is 0. The van der Waals surface area contributed by atoms with Crippen molar-refractivity contribution in [2.75, 3.05) is 11.9 Å². The van der Waals surface area contributed by atoms with Crippen LogP contribution >= 0.6 is 0 Å². The first-order valence-electron chi connectivity index (χ1n) is 4.63. The highest BCUT2D eigenvalue weighted by Gasteiger charge is 2.35. The smallest absolute Gasteiger partial charge is 0.384 e. The van der Waals surface area contributed by atoms with Crippen LogP contribution in [0.3, 0.4) is 0 Å². The highest BCUT2D eigenvalue weighted by atomic mass is 19.4. The molecule has 1 aliphatic heterocycles. The zero-order chi connectivity index (χ0) is 11.8. The summed E-state index contributed by atoms with van der Waals surface area (Å²) in [4.78, 5) is 11.2. The molecule has 16 heavy (non-hydrogen) atoms. The van der Waals surface area contributed by atoms with Gasteiger partial charge in [-0.3, -0.25) is 0 Å². The number of benzene rings is 1. The molecular formula is C10H8F3NO2. The van der Waals surface area contributed by atoms with Crippen LogP contribution in [0, 0.1) is 0 Å². The Morgan fingerprint density at radius 2 is 2.12 bits per heavy atom. The zero-order valence-electron chi connectivity index (χ0n) is 8.10. The van der Waals surface area contributed by atoms with Crippen molar-refractivity contribution in [2.24, 2.45) is 0 Å². The van der Waals surface area contributed by atoms with Crippen LogP contribution in [0.15, 0.2) is 18.2 Å². The minimum Gasteiger partial charge on any atom is -0.384 e. The van der Waals surface area contributed by atoms with Crippen LogP contribution in [-0.2, 0) is 11.2 Å². The quantitative estimate of drug-likeness (QED) is 0.754. The number of rotatable bonds is 1. The van der Waals surface area contributed by atoms with E-state index in [1.807, 2.05) is 0 Å². The molecule has 0 saturated carbocycles. The molecule has 0 aliphatic carbocycles. The summed E-state index contributed by atoms with van der Waals surface area (Å²) in [6.45, 7) is 0.617. The van der Waals surface area contributed by atoms with E-state index < -0.39 is 12.3 Å². The summed E-state index contributed by atoms with van der Waals surface area (Å²) in [5.41, 5.74) is 1.20. The first-order valence-corrected chi connectivity index (χ1v) is 4.63. The van der Waals surface area contributed by atoms with E-state index in [-0.39, 0.29) is 5.56 Å². The molecule has 0 radical (unpaired) electrons. The minimum absolute atomic E-state index is 0.0766. The lowest BCUT2D eigenvalue weighted by atomic mass is 10.1. The molecule has 86 valence electrons. The highest BCUT2D eigenvalue weighted by molar-refractivity contribution is 5.97. The second-order valence-corrected chi connectivity index (χ2v) is 3.35. The maximum absolute atomic E-state index is 11.9. The third-order valence-electron chi connectivity index (χ3n) is 2.28. The molecule has 0 amide bonds. The van der Waals surface area contributed by atoms with Crippen molar-refractivity contribution in [2.45, 2.75) is 12.8 Å². The van der Waals surface area contributed by atoms with Crippen molar-refractivity contribution in [1.82, 2.24) is 0 Å². The SMILES string of the molecule is O=C(OC(F)(F)F)c1cccc2c1NCC2. The molecule has 0 fully saturated rings. The monoisotopic (exact) mass is 231 g/mol. The Morgan fingerprint density at radius 1 is 1.38 bits per heavy atom. The largest absolute Gasteiger partial charge is 0.575 e. The molecule has 1 aromatic carbocycles. The van der Waals surface area contributed by atoms with Gasteiger partial charge in [-0.1, -0.05) is 12.1 Å². The van der Waals surface area contributed by atoms with Crippen molar-refractivity contribution in [3.63, 3.8) is 0 Å². The number of hydrogen-bond donors (Lipinski definition) is 1. The van der Waals surface area contributed by atoms with Gasteiger partial charge in [0.05, 0.1) is 11.3 Å². The van der Waals surface area contributed by atoms with Crippen molar-refractivity contribution in [1.29, 1.82) is 0 Å². The number of hydrogen-bond acceptors (Lipinski definition) is 3. The van der Waals surface area contributed by atoms with Gasteiger partial charge in [0.2, 0.25) is 0 Å². The van der Waals surface area contributed by atoms with Crippen molar-refractivity contribution >= 4 is 11.7 Å². The third-order valence-corrected chi connectivity index (χ3v) is 2.28. The van der Waals surface area contributed by atoms with E-state index in [9.17, 15) is 18.0 Å². The number of fused-ring (bicyclic) bond motifs is 1. The van der Waals surface area contributed by atoms with Gasteiger partial charge >= 0.3 is 12.3 Å². The Bertz CT molecular complexity index is 429. The van der Waals surface area contributed by atoms with Gasteiger partial charge in [0.25, 0.3) is 0 Å². The Hall–Kier alpha value is -1.72. The summed E-state index contributed by atoms with van der Waals surface area (Å²) in [5.74, 6) is -1.38. The number of anilines is 1. The third kappa shape index (κ3) is 2.10. The molecule has 0 saturated heterocycles. The molecule has 1 aliphatic rings. The van der Waals surface area contributed by atoms with Crippen LogP contribution in [0.5, 0.6) is 0 Å². The average molecular weight is 231 g/mol. The molecule has 0 aromatic heterocycles. The number of halogens is 3. The molecule has 2 rings (SSSR count). The number of carbonyl (C=O) groups excluding carboxylic acids is 1. The molecule has 0 bridgehead atoms. The van der Waals surface area contributed by atoms with Crippen LogP contribution in [0.25, 0.3) is 0 Å². The van der Waals surface area contributed by atoms with Crippen LogP contribution in [0.2, 0.25) is 0 Å². The fraction of sp³-hybridized carbons (Fsp3) is 0.300. The van der Waals surface area contributed by atoms with E-state index in [0.29, 0.717) is 18.7 Å². The molecule has 0 spiro atoms.